The van der Waals surface area contributed by atoms with Gasteiger partial charge in [-0.25, -0.2) is 0 Å². The summed E-state index contributed by atoms with van der Waals surface area (Å²) in [7, 11) is 0. The van der Waals surface area contributed by atoms with E-state index in [9.17, 15) is 0 Å². The van der Waals surface area contributed by atoms with Crippen LogP contribution >= 0.6 is 39.9 Å². The molecule has 5 heteroatoms. The molecule has 2 nitrogen and oxygen atoms in total. The zero-order valence-electron chi connectivity index (χ0n) is 14.0. The third kappa shape index (κ3) is 7.02. The Hall–Kier alpha value is -0.740. The largest absolute Gasteiger partial charge is 0.489 e. The Morgan fingerprint density at radius 3 is 2.58 bits per heavy atom. The van der Waals surface area contributed by atoms with Gasteiger partial charge in [0.05, 0.1) is 0 Å². The molecule has 0 radical (unpaired) electrons. The minimum absolute atomic E-state index is 0. The van der Waals surface area contributed by atoms with Gasteiger partial charge in [-0.1, -0.05) is 59.6 Å². The van der Waals surface area contributed by atoms with E-state index in [4.69, 9.17) is 16.3 Å². The van der Waals surface area contributed by atoms with E-state index < -0.39 is 0 Å². The van der Waals surface area contributed by atoms with Crippen LogP contribution in [0.25, 0.3) is 0 Å². The van der Waals surface area contributed by atoms with Crippen molar-refractivity contribution in [2.24, 2.45) is 5.92 Å². The van der Waals surface area contributed by atoms with Crippen LogP contribution in [0.5, 0.6) is 5.75 Å². The molecule has 0 aliphatic heterocycles. The Morgan fingerprint density at radius 1 is 1.12 bits per heavy atom. The van der Waals surface area contributed by atoms with Gasteiger partial charge in [0, 0.05) is 27.2 Å². The molecule has 2 aromatic rings. The summed E-state index contributed by atoms with van der Waals surface area (Å²) in [6.45, 7) is 6.75. The topological polar surface area (TPSA) is 21.3 Å². The number of benzene rings is 2. The Labute approximate surface area is 164 Å². The molecule has 0 aromatic heterocycles. The van der Waals surface area contributed by atoms with E-state index in [0.717, 1.165) is 39.5 Å². The Morgan fingerprint density at radius 2 is 1.88 bits per heavy atom. The summed E-state index contributed by atoms with van der Waals surface area (Å²) >= 11 is 9.72. The van der Waals surface area contributed by atoms with Gasteiger partial charge in [0.15, 0.2) is 0 Å². The van der Waals surface area contributed by atoms with Gasteiger partial charge in [0.1, 0.15) is 12.4 Å². The molecule has 24 heavy (non-hydrogen) atoms. The number of halogens is 3. The number of hydrogen-bond donors (Lipinski definition) is 1. The van der Waals surface area contributed by atoms with Crippen molar-refractivity contribution in [1.82, 2.24) is 5.32 Å². The molecule has 0 amide bonds. The highest BCUT2D eigenvalue weighted by molar-refractivity contribution is 9.10. The first-order valence-corrected chi connectivity index (χ1v) is 9.08. The van der Waals surface area contributed by atoms with Crippen LogP contribution in [0.1, 0.15) is 31.4 Å². The van der Waals surface area contributed by atoms with Crippen molar-refractivity contribution in [2.75, 3.05) is 6.54 Å². The van der Waals surface area contributed by atoms with Gasteiger partial charge in [-0.2, -0.15) is 0 Å². The van der Waals surface area contributed by atoms with Crippen molar-refractivity contribution in [1.29, 1.82) is 0 Å². The second-order valence-corrected chi connectivity index (χ2v) is 7.31. The first-order chi connectivity index (χ1) is 11.1. The molecule has 0 spiro atoms. The number of rotatable bonds is 8. The van der Waals surface area contributed by atoms with Crippen LogP contribution in [0.4, 0.5) is 0 Å². The van der Waals surface area contributed by atoms with Gasteiger partial charge < -0.3 is 10.1 Å². The Balaban J connectivity index is 0.00000288. The van der Waals surface area contributed by atoms with Crippen LogP contribution in [0.2, 0.25) is 5.02 Å². The van der Waals surface area contributed by atoms with Crippen molar-refractivity contribution in [3.05, 3.63) is 63.1 Å². The Kier molecular flexibility index (Phi) is 9.75. The number of ether oxygens (including phenoxy) is 1. The van der Waals surface area contributed by atoms with Crippen LogP contribution in [-0.4, -0.2) is 6.54 Å². The van der Waals surface area contributed by atoms with E-state index in [1.807, 2.05) is 36.4 Å². The maximum atomic E-state index is 6.19. The predicted octanol–water partition coefficient (Wildman–Crippen LogP) is 6.24. The van der Waals surface area contributed by atoms with Gasteiger partial charge in [-0.15, -0.1) is 12.4 Å². The lowest BCUT2D eigenvalue weighted by Crippen LogP contribution is -2.17. The van der Waals surface area contributed by atoms with Crippen LogP contribution in [0.3, 0.4) is 0 Å². The van der Waals surface area contributed by atoms with Crippen LogP contribution < -0.4 is 10.1 Å². The van der Waals surface area contributed by atoms with Gasteiger partial charge in [-0.3, -0.25) is 0 Å². The number of nitrogens with one attached hydrogen (secondary N) is 1. The van der Waals surface area contributed by atoms with E-state index in [2.05, 4.69) is 41.2 Å². The molecule has 0 fully saturated rings. The molecular weight excluding hydrogens is 409 g/mol. The van der Waals surface area contributed by atoms with E-state index in [0.29, 0.717) is 12.5 Å². The second kappa shape index (κ2) is 11.0. The van der Waals surface area contributed by atoms with Gasteiger partial charge in [0.2, 0.25) is 0 Å². The summed E-state index contributed by atoms with van der Waals surface area (Å²) in [5.41, 5.74) is 2.14. The zero-order valence-corrected chi connectivity index (χ0v) is 17.2. The molecule has 0 atom stereocenters. The molecule has 132 valence electrons. The molecule has 0 saturated heterocycles. The third-order valence-electron chi connectivity index (χ3n) is 3.58. The highest BCUT2D eigenvalue weighted by atomic mass is 79.9. The van der Waals surface area contributed by atoms with E-state index in [1.165, 1.54) is 6.42 Å². The normalized spacial score (nSPS) is 10.5. The SMILES string of the molecule is CC(C)CCNCc1cc(Br)ccc1OCc1ccccc1Cl.Cl. The zero-order chi connectivity index (χ0) is 16.7. The minimum Gasteiger partial charge on any atom is -0.489 e. The first kappa shape index (κ1) is 21.3. The fraction of sp³-hybridized carbons (Fsp3) is 0.368. The Bertz CT molecular complexity index is 635. The summed E-state index contributed by atoms with van der Waals surface area (Å²) in [5, 5.41) is 4.22. The molecule has 0 aliphatic rings. The average molecular weight is 433 g/mol. The fourth-order valence-electron chi connectivity index (χ4n) is 2.21. The minimum atomic E-state index is 0. The lowest BCUT2D eigenvalue weighted by Gasteiger charge is -2.14. The lowest BCUT2D eigenvalue weighted by molar-refractivity contribution is 0.302. The monoisotopic (exact) mass is 431 g/mol. The molecule has 0 bridgehead atoms. The quantitative estimate of drug-likeness (QED) is 0.498. The predicted molar refractivity (Wildman–Crippen MR) is 108 cm³/mol. The smallest absolute Gasteiger partial charge is 0.124 e. The van der Waals surface area contributed by atoms with Gasteiger partial charge >= 0.3 is 0 Å². The van der Waals surface area contributed by atoms with Crippen molar-refractivity contribution in [3.63, 3.8) is 0 Å². The molecule has 0 heterocycles. The molecule has 0 unspecified atom stereocenters. The maximum Gasteiger partial charge on any atom is 0.124 e. The van der Waals surface area contributed by atoms with Crippen molar-refractivity contribution >= 4 is 39.9 Å². The van der Waals surface area contributed by atoms with Crippen LogP contribution in [0, 0.1) is 5.92 Å². The van der Waals surface area contributed by atoms with Gasteiger partial charge in [0.25, 0.3) is 0 Å². The summed E-state index contributed by atoms with van der Waals surface area (Å²) in [6, 6.07) is 13.9. The van der Waals surface area contributed by atoms with Crippen molar-refractivity contribution in [3.8, 4) is 5.75 Å². The fourth-order valence-corrected chi connectivity index (χ4v) is 2.81. The molecule has 0 saturated carbocycles. The summed E-state index contributed by atoms with van der Waals surface area (Å²) in [4.78, 5) is 0. The maximum absolute atomic E-state index is 6.19. The van der Waals surface area contributed by atoms with E-state index >= 15 is 0 Å². The second-order valence-electron chi connectivity index (χ2n) is 5.99. The molecular formula is C19H24BrCl2NO. The molecule has 1 N–H and O–H groups in total. The van der Waals surface area contributed by atoms with E-state index in [1.54, 1.807) is 0 Å². The highest BCUT2D eigenvalue weighted by Crippen LogP contribution is 2.25. The van der Waals surface area contributed by atoms with E-state index in [-0.39, 0.29) is 12.4 Å². The van der Waals surface area contributed by atoms with Crippen molar-refractivity contribution < 1.29 is 4.74 Å². The third-order valence-corrected chi connectivity index (χ3v) is 4.44. The van der Waals surface area contributed by atoms with Crippen LogP contribution in [-0.2, 0) is 13.2 Å². The average Bonchev–Trinajstić information content (AvgIpc) is 2.52. The molecule has 0 aliphatic carbocycles. The molecule has 2 aromatic carbocycles. The molecule has 2 rings (SSSR count). The first-order valence-electron chi connectivity index (χ1n) is 7.91. The number of hydrogen-bond acceptors (Lipinski definition) is 2. The van der Waals surface area contributed by atoms with Crippen molar-refractivity contribution in [2.45, 2.75) is 33.4 Å². The highest BCUT2D eigenvalue weighted by Gasteiger charge is 2.07. The lowest BCUT2D eigenvalue weighted by atomic mass is 10.1. The standard InChI is InChI=1S/C19H23BrClNO.ClH/c1-14(2)9-10-22-12-16-11-17(20)7-8-19(16)23-13-15-5-3-4-6-18(15)21;/h3-8,11,14,22H,9-10,12-13H2,1-2H3;1H. The summed E-state index contributed by atoms with van der Waals surface area (Å²) in [5.74, 6) is 1.60. The van der Waals surface area contributed by atoms with Gasteiger partial charge in [-0.05, 0) is 43.1 Å². The summed E-state index contributed by atoms with van der Waals surface area (Å²) < 4.78 is 7.05. The summed E-state index contributed by atoms with van der Waals surface area (Å²) in [6.07, 6.45) is 1.17. The van der Waals surface area contributed by atoms with Crippen LogP contribution in [0.15, 0.2) is 46.9 Å².